The van der Waals surface area contributed by atoms with Crippen molar-refractivity contribution >= 4 is 17.6 Å². The minimum Gasteiger partial charge on any atom is -0.370 e. The van der Waals surface area contributed by atoms with Gasteiger partial charge in [-0.1, -0.05) is 54.0 Å². The van der Waals surface area contributed by atoms with Gasteiger partial charge in [0.2, 0.25) is 0 Å². The molecule has 0 fully saturated rings. The van der Waals surface area contributed by atoms with Crippen LogP contribution in [-0.2, 0) is 0 Å². The molecule has 23 heavy (non-hydrogen) atoms. The Morgan fingerprint density at radius 3 is 2.22 bits per heavy atom. The van der Waals surface area contributed by atoms with E-state index >= 15 is 0 Å². The zero-order valence-electron chi connectivity index (χ0n) is 16.2. The molecule has 4 heteroatoms. The zero-order valence-corrected chi connectivity index (χ0v) is 17.0. The quantitative estimate of drug-likeness (QED) is 0.403. The zero-order chi connectivity index (χ0) is 18.3. The van der Waals surface area contributed by atoms with Crippen LogP contribution in [-0.4, -0.2) is 25.2 Å². The average molecular weight is 343 g/mol. The van der Waals surface area contributed by atoms with Crippen molar-refractivity contribution in [1.29, 1.82) is 0 Å². The van der Waals surface area contributed by atoms with Gasteiger partial charge in [0.1, 0.15) is 11.7 Å². The Hall–Kier alpha value is -1.03. The summed E-state index contributed by atoms with van der Waals surface area (Å²) in [6.45, 7) is 16.0. The number of hydrogen-bond acceptors (Lipinski definition) is 2. The summed E-state index contributed by atoms with van der Waals surface area (Å²) in [4.78, 5) is 5.21. The Bertz CT molecular complexity index is 431. The summed E-state index contributed by atoms with van der Waals surface area (Å²) in [5.41, 5.74) is 0.852. The lowest BCUT2D eigenvalue weighted by atomic mass is 10.2. The third-order valence-electron chi connectivity index (χ3n) is 2.39. The molecule has 0 amide bonds. The highest BCUT2D eigenvalue weighted by Gasteiger charge is 2.12. The first-order chi connectivity index (χ1) is 11.0. The SMILES string of the molecule is CC.CCC.CCNC(=NCC(C)C)c1cccc(F)c1SC. The van der Waals surface area contributed by atoms with Gasteiger partial charge in [0.25, 0.3) is 0 Å². The van der Waals surface area contributed by atoms with E-state index in [0.29, 0.717) is 10.8 Å². The third-order valence-corrected chi connectivity index (χ3v) is 3.21. The van der Waals surface area contributed by atoms with Crippen molar-refractivity contribution in [2.24, 2.45) is 10.9 Å². The number of halogens is 1. The Balaban J connectivity index is 0. The van der Waals surface area contributed by atoms with E-state index in [0.717, 1.165) is 24.5 Å². The fourth-order valence-electron chi connectivity index (χ4n) is 1.58. The Labute approximate surface area is 147 Å². The number of rotatable bonds is 5. The van der Waals surface area contributed by atoms with Crippen LogP contribution < -0.4 is 5.32 Å². The highest BCUT2D eigenvalue weighted by atomic mass is 32.2. The van der Waals surface area contributed by atoms with Crippen molar-refractivity contribution in [3.8, 4) is 0 Å². The van der Waals surface area contributed by atoms with Crippen LogP contribution in [0.4, 0.5) is 4.39 Å². The minimum atomic E-state index is -0.185. The van der Waals surface area contributed by atoms with E-state index in [1.54, 1.807) is 6.07 Å². The van der Waals surface area contributed by atoms with Crippen LogP contribution in [0.25, 0.3) is 0 Å². The molecule has 0 aliphatic heterocycles. The molecule has 0 radical (unpaired) electrons. The van der Waals surface area contributed by atoms with Gasteiger partial charge in [0, 0.05) is 18.7 Å². The average Bonchev–Trinajstić information content (AvgIpc) is 2.53. The molecule has 0 aliphatic rings. The van der Waals surface area contributed by atoms with E-state index in [2.05, 4.69) is 38.0 Å². The Morgan fingerprint density at radius 2 is 1.78 bits per heavy atom. The molecule has 1 rings (SSSR count). The van der Waals surface area contributed by atoms with E-state index in [1.807, 2.05) is 33.1 Å². The smallest absolute Gasteiger partial charge is 0.137 e. The van der Waals surface area contributed by atoms with Crippen LogP contribution in [0.3, 0.4) is 0 Å². The summed E-state index contributed by atoms with van der Waals surface area (Å²) in [6.07, 6.45) is 3.13. The van der Waals surface area contributed by atoms with Crippen molar-refractivity contribution in [3.63, 3.8) is 0 Å². The monoisotopic (exact) mass is 342 g/mol. The van der Waals surface area contributed by atoms with Gasteiger partial charge in [-0.25, -0.2) is 4.39 Å². The van der Waals surface area contributed by atoms with Gasteiger partial charge in [-0.2, -0.15) is 0 Å². The maximum atomic E-state index is 13.7. The van der Waals surface area contributed by atoms with Gasteiger partial charge in [-0.05, 0) is 31.2 Å². The molecule has 0 atom stereocenters. The lowest BCUT2D eigenvalue weighted by molar-refractivity contribution is 0.601. The number of amidine groups is 1. The standard InChI is InChI=1S/C14H21FN2S.C3H8.C2H6/c1-5-16-14(17-9-10(2)3)11-7-6-8-12(15)13(11)18-4;1-3-2;1-2/h6-8,10H,5,9H2,1-4H3,(H,16,17);3H2,1-2H3;1-2H3. The number of nitrogens with zero attached hydrogens (tertiary/aromatic N) is 1. The first-order valence-corrected chi connectivity index (χ1v) is 9.85. The van der Waals surface area contributed by atoms with E-state index in [4.69, 9.17) is 0 Å². The van der Waals surface area contributed by atoms with E-state index in [9.17, 15) is 4.39 Å². The van der Waals surface area contributed by atoms with Crippen LogP contribution in [0.2, 0.25) is 0 Å². The Kier molecular flexibility index (Phi) is 16.7. The molecule has 1 N–H and O–H groups in total. The second-order valence-electron chi connectivity index (χ2n) is 5.14. The molecule has 0 aliphatic carbocycles. The molecule has 0 saturated heterocycles. The van der Waals surface area contributed by atoms with Crippen LogP contribution in [0.15, 0.2) is 28.1 Å². The largest absolute Gasteiger partial charge is 0.370 e. The summed E-state index contributed by atoms with van der Waals surface area (Å²) in [5.74, 6) is 1.09. The van der Waals surface area contributed by atoms with Gasteiger partial charge in [-0.3, -0.25) is 4.99 Å². The van der Waals surface area contributed by atoms with Crippen molar-refractivity contribution in [2.75, 3.05) is 19.3 Å². The number of hydrogen-bond donors (Lipinski definition) is 1. The van der Waals surface area contributed by atoms with Gasteiger partial charge < -0.3 is 5.32 Å². The predicted octanol–water partition coefficient (Wildman–Crippen LogP) is 6.00. The van der Waals surface area contributed by atoms with Crippen LogP contribution in [0.5, 0.6) is 0 Å². The number of benzene rings is 1. The molecule has 2 nitrogen and oxygen atoms in total. The molecule has 0 spiro atoms. The second-order valence-corrected chi connectivity index (χ2v) is 5.96. The summed E-state index contributed by atoms with van der Waals surface area (Å²) in [6, 6.07) is 5.13. The number of aliphatic imine (C=N–C) groups is 1. The lowest BCUT2D eigenvalue weighted by Gasteiger charge is -2.13. The molecule has 0 unspecified atom stereocenters. The minimum absolute atomic E-state index is 0.185. The fraction of sp³-hybridized carbons (Fsp3) is 0.632. The predicted molar refractivity (Wildman–Crippen MR) is 105 cm³/mol. The molecule has 0 aromatic heterocycles. The topological polar surface area (TPSA) is 24.4 Å². The van der Waals surface area contributed by atoms with Gasteiger partial charge in [0.05, 0.1) is 4.90 Å². The van der Waals surface area contributed by atoms with Crippen LogP contribution in [0.1, 0.15) is 60.5 Å². The molecular formula is C19H35FN2S. The van der Waals surface area contributed by atoms with Crippen molar-refractivity contribution < 1.29 is 4.39 Å². The molecular weight excluding hydrogens is 307 g/mol. The summed E-state index contributed by atoms with van der Waals surface area (Å²) < 4.78 is 13.7. The molecule has 0 heterocycles. The van der Waals surface area contributed by atoms with E-state index in [1.165, 1.54) is 24.2 Å². The van der Waals surface area contributed by atoms with E-state index in [-0.39, 0.29) is 5.82 Å². The lowest BCUT2D eigenvalue weighted by Crippen LogP contribution is -2.25. The maximum Gasteiger partial charge on any atom is 0.137 e. The maximum absolute atomic E-state index is 13.7. The molecule has 1 aromatic carbocycles. The summed E-state index contributed by atoms with van der Waals surface area (Å²) >= 11 is 1.41. The molecule has 0 saturated carbocycles. The number of thioether (sulfide) groups is 1. The normalized spacial score (nSPS) is 10.4. The van der Waals surface area contributed by atoms with Gasteiger partial charge in [-0.15, -0.1) is 11.8 Å². The first kappa shape index (κ1) is 24.2. The number of nitrogens with one attached hydrogen (secondary N) is 1. The molecule has 0 bridgehead atoms. The highest BCUT2D eigenvalue weighted by molar-refractivity contribution is 7.98. The van der Waals surface area contributed by atoms with Crippen molar-refractivity contribution in [3.05, 3.63) is 29.6 Å². The third kappa shape index (κ3) is 10.4. The van der Waals surface area contributed by atoms with Gasteiger partial charge in [0.15, 0.2) is 0 Å². The van der Waals surface area contributed by atoms with Crippen LogP contribution >= 0.6 is 11.8 Å². The van der Waals surface area contributed by atoms with Crippen molar-refractivity contribution in [1.82, 2.24) is 5.32 Å². The summed E-state index contributed by atoms with van der Waals surface area (Å²) in [7, 11) is 0. The molecule has 1 aromatic rings. The first-order valence-electron chi connectivity index (χ1n) is 8.62. The highest BCUT2D eigenvalue weighted by Crippen LogP contribution is 2.24. The fourth-order valence-corrected chi connectivity index (χ4v) is 2.23. The van der Waals surface area contributed by atoms with E-state index < -0.39 is 0 Å². The summed E-state index contributed by atoms with van der Waals surface area (Å²) in [5, 5.41) is 3.23. The Morgan fingerprint density at radius 1 is 1.22 bits per heavy atom. The van der Waals surface area contributed by atoms with Gasteiger partial charge >= 0.3 is 0 Å². The van der Waals surface area contributed by atoms with Crippen LogP contribution in [0, 0.1) is 11.7 Å². The molecule has 134 valence electrons. The second kappa shape index (κ2) is 15.9. The van der Waals surface area contributed by atoms with Crippen molar-refractivity contribution in [2.45, 2.75) is 59.8 Å².